The minimum atomic E-state index is 0.366. The number of hydrogen-bond donors (Lipinski definition) is 0. The Morgan fingerprint density at radius 2 is 1.84 bits per heavy atom. The van der Waals surface area contributed by atoms with Crippen LogP contribution in [0.3, 0.4) is 0 Å². The van der Waals surface area contributed by atoms with Crippen molar-refractivity contribution in [3.8, 4) is 0 Å². The first-order valence-electron chi connectivity index (χ1n) is 7.60. The van der Waals surface area contributed by atoms with Gasteiger partial charge in [-0.3, -0.25) is 0 Å². The van der Waals surface area contributed by atoms with Crippen LogP contribution in [0.2, 0.25) is 5.02 Å². The van der Waals surface area contributed by atoms with Gasteiger partial charge in [-0.2, -0.15) is 0 Å². The topological polar surface area (TPSA) is 3.24 Å². The van der Waals surface area contributed by atoms with Crippen molar-refractivity contribution in [2.45, 2.75) is 57.4 Å². The van der Waals surface area contributed by atoms with Gasteiger partial charge < -0.3 is 4.90 Å². The van der Waals surface area contributed by atoms with Crippen LogP contribution in [0.1, 0.15) is 51.5 Å². The van der Waals surface area contributed by atoms with E-state index < -0.39 is 0 Å². The molecule has 1 atom stereocenters. The lowest BCUT2D eigenvalue weighted by Gasteiger charge is -2.51. The van der Waals surface area contributed by atoms with Crippen LogP contribution in [-0.4, -0.2) is 24.5 Å². The third kappa shape index (κ3) is 2.83. The molecule has 1 aromatic rings. The quantitative estimate of drug-likeness (QED) is 0.717. The van der Waals surface area contributed by atoms with Crippen molar-refractivity contribution in [2.75, 3.05) is 13.6 Å². The summed E-state index contributed by atoms with van der Waals surface area (Å²) >= 11 is 6.04. The van der Waals surface area contributed by atoms with Crippen LogP contribution in [0, 0.1) is 0 Å². The lowest BCUT2D eigenvalue weighted by molar-refractivity contribution is 0.0762. The molecule has 106 valence electrons. The Kier molecular flexibility index (Phi) is 4.92. The first-order valence-corrected chi connectivity index (χ1v) is 7.98. The van der Waals surface area contributed by atoms with E-state index in [1.54, 1.807) is 0 Å². The van der Waals surface area contributed by atoms with Gasteiger partial charge in [-0.1, -0.05) is 50.4 Å². The maximum Gasteiger partial charge on any atom is 0.0406 e. The Morgan fingerprint density at radius 3 is 2.26 bits per heavy atom. The maximum absolute atomic E-state index is 6.04. The highest BCUT2D eigenvalue weighted by atomic mass is 35.5. The zero-order valence-corrected chi connectivity index (χ0v) is 13.2. The number of nitrogens with zero attached hydrogens (tertiary/aromatic N) is 1. The van der Waals surface area contributed by atoms with Gasteiger partial charge in [-0.05, 0) is 50.6 Å². The van der Waals surface area contributed by atoms with Crippen LogP contribution in [0.5, 0.6) is 0 Å². The van der Waals surface area contributed by atoms with Gasteiger partial charge >= 0.3 is 0 Å². The molecule has 0 heterocycles. The Labute approximate surface area is 123 Å². The van der Waals surface area contributed by atoms with Gasteiger partial charge in [0.2, 0.25) is 0 Å². The number of benzene rings is 1. The summed E-state index contributed by atoms with van der Waals surface area (Å²) in [5.41, 5.74) is 1.85. The molecule has 2 heteroatoms. The molecule has 1 aliphatic rings. The monoisotopic (exact) mass is 279 g/mol. The molecule has 0 amide bonds. The van der Waals surface area contributed by atoms with Crippen molar-refractivity contribution < 1.29 is 0 Å². The maximum atomic E-state index is 6.04. The van der Waals surface area contributed by atoms with Crippen LogP contribution in [0.4, 0.5) is 0 Å². The van der Waals surface area contributed by atoms with Crippen LogP contribution < -0.4 is 0 Å². The second kappa shape index (κ2) is 6.28. The Hall–Kier alpha value is -0.530. The molecular weight excluding hydrogens is 254 g/mol. The Balaban J connectivity index is 2.31. The third-order valence-corrected chi connectivity index (χ3v) is 5.15. The molecule has 1 nitrogen and oxygen atoms in total. The largest absolute Gasteiger partial charge is 0.303 e. The van der Waals surface area contributed by atoms with Gasteiger partial charge in [0.25, 0.3) is 0 Å². The minimum absolute atomic E-state index is 0.366. The molecule has 19 heavy (non-hydrogen) atoms. The van der Waals surface area contributed by atoms with Crippen molar-refractivity contribution >= 4 is 11.6 Å². The van der Waals surface area contributed by atoms with Gasteiger partial charge in [0.1, 0.15) is 0 Å². The fourth-order valence-corrected chi connectivity index (χ4v) is 3.69. The van der Waals surface area contributed by atoms with Crippen LogP contribution in [0.15, 0.2) is 24.3 Å². The molecule has 0 spiro atoms. The summed E-state index contributed by atoms with van der Waals surface area (Å²) in [6.07, 6.45) is 6.55. The van der Waals surface area contributed by atoms with E-state index in [2.05, 4.69) is 37.9 Å². The highest BCUT2D eigenvalue weighted by Gasteiger charge is 2.46. The highest BCUT2D eigenvalue weighted by molar-refractivity contribution is 6.30. The number of rotatable bonds is 6. The Bertz CT molecular complexity index is 394. The zero-order chi connectivity index (χ0) is 13.9. The zero-order valence-electron chi connectivity index (χ0n) is 12.5. The molecule has 1 fully saturated rings. The molecule has 0 saturated heterocycles. The van der Waals surface area contributed by atoms with Crippen LogP contribution in [-0.2, 0) is 5.41 Å². The summed E-state index contributed by atoms with van der Waals surface area (Å²) in [6, 6.07) is 9.25. The molecule has 0 N–H and O–H groups in total. The third-order valence-electron chi connectivity index (χ3n) is 4.90. The van der Waals surface area contributed by atoms with Gasteiger partial charge in [0.05, 0.1) is 0 Å². The first kappa shape index (κ1) is 14.9. The Morgan fingerprint density at radius 1 is 1.21 bits per heavy atom. The van der Waals surface area contributed by atoms with Gasteiger partial charge in [-0.25, -0.2) is 0 Å². The summed E-state index contributed by atoms with van der Waals surface area (Å²) in [7, 11) is 2.27. The van der Waals surface area contributed by atoms with Gasteiger partial charge in [-0.15, -0.1) is 0 Å². The summed E-state index contributed by atoms with van der Waals surface area (Å²) < 4.78 is 0. The molecule has 2 rings (SSSR count). The molecule has 1 saturated carbocycles. The van der Waals surface area contributed by atoms with E-state index in [-0.39, 0.29) is 0 Å². The highest BCUT2D eigenvalue weighted by Crippen LogP contribution is 2.49. The predicted octanol–water partition coefficient (Wildman–Crippen LogP) is 4.88. The van der Waals surface area contributed by atoms with Gasteiger partial charge in [0, 0.05) is 16.5 Å². The normalized spacial score (nSPS) is 19.2. The van der Waals surface area contributed by atoms with Crippen molar-refractivity contribution in [2.24, 2.45) is 0 Å². The summed E-state index contributed by atoms with van der Waals surface area (Å²) in [6.45, 7) is 5.68. The fourth-order valence-electron chi connectivity index (χ4n) is 3.57. The summed E-state index contributed by atoms with van der Waals surface area (Å²) in [4.78, 5) is 2.54. The van der Waals surface area contributed by atoms with Crippen LogP contribution in [0.25, 0.3) is 0 Å². The number of likely N-dealkylation sites (N-methyl/N-ethyl adjacent to an activating group) is 1. The molecule has 1 aromatic carbocycles. The minimum Gasteiger partial charge on any atom is -0.303 e. The second-order valence-electron chi connectivity index (χ2n) is 5.89. The second-order valence-corrected chi connectivity index (χ2v) is 6.33. The summed E-state index contributed by atoms with van der Waals surface area (Å²) in [5.74, 6) is 0. The van der Waals surface area contributed by atoms with Crippen molar-refractivity contribution in [3.05, 3.63) is 34.9 Å². The van der Waals surface area contributed by atoms with Gasteiger partial charge in [0.15, 0.2) is 0 Å². The first-order chi connectivity index (χ1) is 9.14. The molecule has 0 radical (unpaired) electrons. The molecule has 1 aliphatic carbocycles. The molecule has 0 aromatic heterocycles. The fraction of sp³-hybridized carbons (Fsp3) is 0.647. The molecule has 0 aliphatic heterocycles. The summed E-state index contributed by atoms with van der Waals surface area (Å²) in [5, 5.41) is 0.842. The van der Waals surface area contributed by atoms with E-state index in [9.17, 15) is 0 Å². The number of halogens is 1. The van der Waals surface area contributed by atoms with E-state index in [4.69, 9.17) is 11.6 Å². The van der Waals surface area contributed by atoms with E-state index >= 15 is 0 Å². The SMILES string of the molecule is CCCC(N(C)CC)C1(c2ccc(Cl)cc2)CCC1. The average molecular weight is 280 g/mol. The van der Waals surface area contributed by atoms with Crippen LogP contribution >= 0.6 is 11.6 Å². The lowest BCUT2D eigenvalue weighted by atomic mass is 9.59. The smallest absolute Gasteiger partial charge is 0.0406 e. The molecule has 1 unspecified atom stereocenters. The van der Waals surface area contributed by atoms with E-state index in [1.807, 2.05) is 12.1 Å². The lowest BCUT2D eigenvalue weighted by Crippen LogP contribution is -2.53. The van der Waals surface area contributed by atoms with E-state index in [0.29, 0.717) is 11.5 Å². The predicted molar refractivity (Wildman–Crippen MR) is 84.0 cm³/mol. The average Bonchev–Trinajstić information content (AvgIpc) is 2.37. The standard InChI is InChI=1S/C17H26ClN/c1-4-7-16(19(3)5-2)17(12-6-13-17)14-8-10-15(18)11-9-14/h8-11,16H,4-7,12-13H2,1-3H3. The van der Waals surface area contributed by atoms with Crippen molar-refractivity contribution in [1.82, 2.24) is 4.90 Å². The van der Waals surface area contributed by atoms with Crippen molar-refractivity contribution in [3.63, 3.8) is 0 Å². The molecular formula is C17H26ClN. The number of hydrogen-bond acceptors (Lipinski definition) is 1. The molecule has 0 bridgehead atoms. The van der Waals surface area contributed by atoms with Crippen molar-refractivity contribution in [1.29, 1.82) is 0 Å². The van der Waals surface area contributed by atoms with E-state index in [1.165, 1.54) is 37.7 Å². The van der Waals surface area contributed by atoms with E-state index in [0.717, 1.165) is 11.6 Å².